The molecule has 3 rings (SSSR count). The molecule has 1 atom stereocenters. The maximum atomic E-state index is 12.0. The number of H-pyrrole nitrogens is 1. The van der Waals surface area contributed by atoms with E-state index in [0.717, 1.165) is 17.1 Å². The molecule has 158 valence electrons. The van der Waals surface area contributed by atoms with Gasteiger partial charge in [-0.1, -0.05) is 46.9 Å². The predicted molar refractivity (Wildman–Crippen MR) is 115 cm³/mol. The van der Waals surface area contributed by atoms with Crippen LogP contribution >= 0.6 is 34.8 Å². The van der Waals surface area contributed by atoms with Gasteiger partial charge in [-0.15, -0.1) is 0 Å². The van der Waals surface area contributed by atoms with Crippen LogP contribution < -0.4 is 11.2 Å². The molecule has 0 radical (unpaired) electrons. The van der Waals surface area contributed by atoms with Crippen molar-refractivity contribution in [2.75, 3.05) is 12.9 Å². The highest BCUT2D eigenvalue weighted by molar-refractivity contribution is 7.85. The number of hydrogen-bond donors (Lipinski definition) is 1. The third kappa shape index (κ3) is 5.30. The summed E-state index contributed by atoms with van der Waals surface area (Å²) in [5, 5.41) is 4.56. The largest absolute Gasteiger partial charge is 0.349 e. The average Bonchev–Trinajstić information content (AvgIpc) is 2.64. The minimum absolute atomic E-state index is 0.148. The van der Waals surface area contributed by atoms with Crippen LogP contribution in [0, 0.1) is 0 Å². The van der Waals surface area contributed by atoms with Gasteiger partial charge in [0.15, 0.2) is 0 Å². The molecule has 1 N–H and O–H groups in total. The summed E-state index contributed by atoms with van der Waals surface area (Å²) in [5.41, 5.74) is -0.138. The fraction of sp³-hybridized carbons (Fsp3) is 0.167. The van der Waals surface area contributed by atoms with E-state index in [2.05, 4.69) is 10.1 Å². The molecule has 12 heteroatoms. The van der Waals surface area contributed by atoms with Crippen LogP contribution in [0.2, 0.25) is 15.1 Å². The molecule has 3 aromatic rings. The quantitative estimate of drug-likeness (QED) is 0.532. The van der Waals surface area contributed by atoms with E-state index in [4.69, 9.17) is 39.0 Å². The Morgan fingerprint density at radius 3 is 2.23 bits per heavy atom. The van der Waals surface area contributed by atoms with Crippen LogP contribution in [0.5, 0.6) is 0 Å². The highest BCUT2D eigenvalue weighted by atomic mass is 35.5. The molecule has 0 saturated heterocycles. The molecule has 1 unspecified atom stereocenters. The summed E-state index contributed by atoms with van der Waals surface area (Å²) in [6.07, 6.45) is 1.88. The van der Waals surface area contributed by atoms with E-state index >= 15 is 0 Å². The van der Waals surface area contributed by atoms with Crippen LogP contribution in [0.15, 0.2) is 52.2 Å². The monoisotopic (exact) mass is 489 g/mol. The van der Waals surface area contributed by atoms with Gasteiger partial charge in [-0.3, -0.25) is 14.0 Å². The zero-order valence-corrected chi connectivity index (χ0v) is 18.4. The summed E-state index contributed by atoms with van der Waals surface area (Å²) >= 11 is 18.9. The van der Waals surface area contributed by atoms with Crippen molar-refractivity contribution in [1.29, 1.82) is 0 Å². The van der Waals surface area contributed by atoms with Gasteiger partial charge in [-0.2, -0.15) is 18.2 Å². The number of aromatic nitrogens is 3. The third-order valence-corrected chi connectivity index (χ3v) is 5.53. The zero-order chi connectivity index (χ0) is 22.1. The second kappa shape index (κ2) is 8.91. The van der Waals surface area contributed by atoms with Crippen molar-refractivity contribution in [3.05, 3.63) is 89.6 Å². The lowest BCUT2D eigenvalue weighted by atomic mass is 9.91. The Kier molecular flexibility index (Phi) is 6.68. The molecule has 8 nitrogen and oxygen atoms in total. The van der Waals surface area contributed by atoms with Crippen molar-refractivity contribution in [2.24, 2.45) is 0 Å². The lowest BCUT2D eigenvalue weighted by Gasteiger charge is -2.21. The van der Waals surface area contributed by atoms with Crippen molar-refractivity contribution in [1.82, 2.24) is 14.8 Å². The van der Waals surface area contributed by atoms with Gasteiger partial charge in [0.25, 0.3) is 15.7 Å². The molecule has 2 aromatic carbocycles. The first-order valence-corrected chi connectivity index (χ1v) is 11.3. The number of rotatable bonds is 6. The Balaban J connectivity index is 2.12. The van der Waals surface area contributed by atoms with Gasteiger partial charge in [0.1, 0.15) is 6.20 Å². The van der Waals surface area contributed by atoms with Crippen molar-refractivity contribution >= 4 is 44.9 Å². The molecule has 0 spiro atoms. The van der Waals surface area contributed by atoms with Gasteiger partial charge in [0, 0.05) is 21.0 Å². The Labute approximate surface area is 186 Å². The molecule has 1 heterocycles. The third-order valence-electron chi connectivity index (χ3n) is 4.09. The standard InChI is InChI=1S/C18H14Cl3N3O5S/c1-30(27,28)29-9-13(10-2-4-11(19)5-3-10)17-14(20)6-12(7-15(17)21)24-18(26)23-16(25)8-22-24/h2-8,13H,9H2,1H3,(H,23,25,26). The molecule has 30 heavy (non-hydrogen) atoms. The first kappa shape index (κ1) is 22.5. The van der Waals surface area contributed by atoms with E-state index in [0.29, 0.717) is 16.1 Å². The normalized spacial score (nSPS) is 12.7. The molecule has 0 aliphatic heterocycles. The SMILES string of the molecule is CS(=O)(=O)OCC(c1ccc(Cl)cc1)c1c(Cl)cc(-n2ncc(=O)[nH]c2=O)cc1Cl. The molecule has 0 saturated carbocycles. The predicted octanol–water partition coefficient (Wildman–Crippen LogP) is 2.99. The van der Waals surface area contributed by atoms with Crippen molar-refractivity contribution in [3.63, 3.8) is 0 Å². The van der Waals surface area contributed by atoms with Gasteiger partial charge in [-0.05, 0) is 35.4 Å². The lowest BCUT2D eigenvalue weighted by molar-refractivity contribution is 0.309. The van der Waals surface area contributed by atoms with Crippen LogP contribution in [0.25, 0.3) is 5.69 Å². The van der Waals surface area contributed by atoms with E-state index in [9.17, 15) is 18.0 Å². The van der Waals surface area contributed by atoms with E-state index in [1.807, 2.05) is 0 Å². The van der Waals surface area contributed by atoms with Gasteiger partial charge in [-0.25, -0.2) is 4.79 Å². The summed E-state index contributed by atoms with van der Waals surface area (Å²) in [7, 11) is -3.73. The van der Waals surface area contributed by atoms with Crippen LogP contribution in [0.3, 0.4) is 0 Å². The fourth-order valence-electron chi connectivity index (χ4n) is 2.80. The maximum Gasteiger partial charge on any atom is 0.349 e. The van der Waals surface area contributed by atoms with E-state index < -0.39 is 27.3 Å². The Morgan fingerprint density at radius 1 is 1.10 bits per heavy atom. The topological polar surface area (TPSA) is 111 Å². The number of nitrogens with zero attached hydrogens (tertiary/aromatic N) is 2. The van der Waals surface area contributed by atoms with E-state index in [1.165, 1.54) is 12.1 Å². The number of benzene rings is 2. The molecule has 0 aliphatic rings. The first-order chi connectivity index (χ1) is 14.0. The number of hydrogen-bond acceptors (Lipinski definition) is 6. The summed E-state index contributed by atoms with van der Waals surface area (Å²) in [6, 6.07) is 9.55. The molecule has 0 aliphatic carbocycles. The number of aromatic amines is 1. The smallest absolute Gasteiger partial charge is 0.271 e. The molecule has 0 bridgehead atoms. The fourth-order valence-corrected chi connectivity index (χ4v) is 4.04. The summed E-state index contributed by atoms with van der Waals surface area (Å²) in [4.78, 5) is 25.3. The highest BCUT2D eigenvalue weighted by Gasteiger charge is 2.24. The molecular weight excluding hydrogens is 477 g/mol. The lowest BCUT2D eigenvalue weighted by Crippen LogP contribution is -2.30. The van der Waals surface area contributed by atoms with Crippen molar-refractivity contribution in [2.45, 2.75) is 5.92 Å². The molecule has 1 aromatic heterocycles. The highest BCUT2D eigenvalue weighted by Crippen LogP contribution is 2.38. The minimum atomic E-state index is -3.73. The summed E-state index contributed by atoms with van der Waals surface area (Å²) < 4.78 is 29.0. The van der Waals surface area contributed by atoms with Crippen LogP contribution in [0.1, 0.15) is 17.0 Å². The van der Waals surface area contributed by atoms with Gasteiger partial charge in [0.05, 0.1) is 18.6 Å². The van der Waals surface area contributed by atoms with Crippen LogP contribution in [-0.2, 0) is 14.3 Å². The van der Waals surface area contributed by atoms with Crippen LogP contribution in [-0.4, -0.2) is 36.0 Å². The molecular formula is C18H14Cl3N3O5S. The Hall–Kier alpha value is -2.17. The first-order valence-electron chi connectivity index (χ1n) is 8.33. The summed E-state index contributed by atoms with van der Waals surface area (Å²) in [6.45, 7) is -0.254. The Bertz CT molecular complexity index is 1280. The van der Waals surface area contributed by atoms with Crippen molar-refractivity contribution in [3.8, 4) is 5.69 Å². The summed E-state index contributed by atoms with van der Waals surface area (Å²) in [5.74, 6) is -0.647. The maximum absolute atomic E-state index is 12.0. The Morgan fingerprint density at radius 2 is 1.70 bits per heavy atom. The minimum Gasteiger partial charge on any atom is -0.271 e. The van der Waals surface area contributed by atoms with Crippen LogP contribution in [0.4, 0.5) is 0 Å². The second-order valence-electron chi connectivity index (χ2n) is 6.27. The number of nitrogens with one attached hydrogen (secondary N) is 1. The van der Waals surface area contributed by atoms with Gasteiger partial charge < -0.3 is 0 Å². The van der Waals surface area contributed by atoms with Crippen molar-refractivity contribution < 1.29 is 12.6 Å². The zero-order valence-electron chi connectivity index (χ0n) is 15.3. The van der Waals surface area contributed by atoms with E-state index in [-0.39, 0.29) is 22.3 Å². The second-order valence-corrected chi connectivity index (χ2v) is 9.16. The molecule has 0 amide bonds. The van der Waals surface area contributed by atoms with E-state index in [1.54, 1.807) is 24.3 Å². The average molecular weight is 491 g/mol. The van der Waals surface area contributed by atoms with Gasteiger partial charge >= 0.3 is 5.69 Å². The molecule has 0 fully saturated rings. The van der Waals surface area contributed by atoms with Gasteiger partial charge in [0.2, 0.25) is 0 Å². The number of halogens is 3.